The number of rotatable bonds is 5. The number of hydrogen-bond donors (Lipinski definition) is 2. The molecule has 1 amide bonds. The standard InChI is InChI=1S/C17H17F2N7O2/c1-28-16-14-10(3-5-26(14)24-17(20)23-16)9-2-4-25-12(6-9)11(7-22-25)15(27)21-8-13(18)19/h3,5-7,13H,2,4,8H2,1H3,(H2,20,24)(H,21,27). The Bertz CT molecular complexity index is 1090. The summed E-state index contributed by atoms with van der Waals surface area (Å²) >= 11 is 0. The third kappa shape index (κ3) is 3.04. The van der Waals surface area contributed by atoms with E-state index in [0.717, 1.165) is 11.1 Å². The third-order valence-corrected chi connectivity index (χ3v) is 4.48. The van der Waals surface area contributed by atoms with E-state index in [1.165, 1.54) is 13.3 Å². The number of nitrogens with one attached hydrogen (secondary N) is 1. The van der Waals surface area contributed by atoms with Gasteiger partial charge in [0.2, 0.25) is 11.8 Å². The monoisotopic (exact) mass is 389 g/mol. The number of fused-ring (bicyclic) bond motifs is 2. The number of anilines is 1. The number of allylic oxidation sites excluding steroid dienone is 1. The molecule has 0 radical (unpaired) electrons. The Morgan fingerprint density at radius 2 is 2.29 bits per heavy atom. The van der Waals surface area contributed by atoms with Gasteiger partial charge in [0, 0.05) is 18.3 Å². The van der Waals surface area contributed by atoms with Crippen LogP contribution in [0.5, 0.6) is 5.88 Å². The van der Waals surface area contributed by atoms with Gasteiger partial charge in [-0.25, -0.2) is 13.3 Å². The highest BCUT2D eigenvalue weighted by molar-refractivity contribution is 6.00. The zero-order valence-electron chi connectivity index (χ0n) is 14.9. The first-order valence-electron chi connectivity index (χ1n) is 8.50. The van der Waals surface area contributed by atoms with Gasteiger partial charge in [0.25, 0.3) is 12.3 Å². The van der Waals surface area contributed by atoms with Crippen LogP contribution in [0.3, 0.4) is 0 Å². The first-order chi connectivity index (χ1) is 13.5. The molecule has 146 valence electrons. The van der Waals surface area contributed by atoms with E-state index in [2.05, 4.69) is 20.5 Å². The van der Waals surface area contributed by atoms with E-state index in [1.807, 2.05) is 12.1 Å². The summed E-state index contributed by atoms with van der Waals surface area (Å²) in [4.78, 5) is 16.4. The van der Waals surface area contributed by atoms with Gasteiger partial charge < -0.3 is 15.8 Å². The molecule has 1 aliphatic heterocycles. The number of aromatic nitrogens is 5. The first-order valence-corrected chi connectivity index (χ1v) is 8.50. The molecule has 3 N–H and O–H groups in total. The maximum Gasteiger partial charge on any atom is 0.255 e. The fourth-order valence-electron chi connectivity index (χ4n) is 3.25. The van der Waals surface area contributed by atoms with Gasteiger partial charge in [-0.15, -0.1) is 5.10 Å². The summed E-state index contributed by atoms with van der Waals surface area (Å²) in [5.41, 5.74) is 8.91. The van der Waals surface area contributed by atoms with E-state index >= 15 is 0 Å². The number of amides is 1. The highest BCUT2D eigenvalue weighted by atomic mass is 19.3. The topological polar surface area (TPSA) is 112 Å². The van der Waals surface area contributed by atoms with Crippen molar-refractivity contribution in [3.63, 3.8) is 0 Å². The molecule has 3 aromatic heterocycles. The lowest BCUT2D eigenvalue weighted by Crippen LogP contribution is -2.29. The molecule has 0 unspecified atom stereocenters. The lowest BCUT2D eigenvalue weighted by molar-refractivity contribution is 0.0891. The largest absolute Gasteiger partial charge is 0.479 e. The minimum Gasteiger partial charge on any atom is -0.479 e. The number of ether oxygens (including phenoxy) is 1. The van der Waals surface area contributed by atoms with Gasteiger partial charge >= 0.3 is 0 Å². The molecule has 0 aliphatic carbocycles. The van der Waals surface area contributed by atoms with Crippen LogP contribution < -0.4 is 15.8 Å². The number of alkyl halides is 2. The number of methoxy groups -OCH3 is 1. The van der Waals surface area contributed by atoms with Gasteiger partial charge in [-0.2, -0.15) is 10.1 Å². The Kier molecular flexibility index (Phi) is 4.41. The maximum absolute atomic E-state index is 12.4. The van der Waals surface area contributed by atoms with Gasteiger partial charge in [0.1, 0.15) is 5.52 Å². The van der Waals surface area contributed by atoms with E-state index in [0.29, 0.717) is 30.1 Å². The van der Waals surface area contributed by atoms with Crippen LogP contribution in [-0.4, -0.2) is 50.4 Å². The average Bonchev–Trinajstić information content (AvgIpc) is 3.28. The SMILES string of the molecule is COc1nc(N)nn2ccc(C3=Cc4c(C(=O)NCC(F)F)cnn4CC3)c12. The molecule has 4 rings (SSSR count). The second-order valence-electron chi connectivity index (χ2n) is 6.19. The van der Waals surface area contributed by atoms with Gasteiger partial charge in [-0.3, -0.25) is 9.48 Å². The zero-order valence-corrected chi connectivity index (χ0v) is 14.9. The van der Waals surface area contributed by atoms with Gasteiger partial charge in [0.15, 0.2) is 0 Å². The lowest BCUT2D eigenvalue weighted by atomic mass is 9.99. The van der Waals surface area contributed by atoms with Crippen molar-refractivity contribution in [1.29, 1.82) is 0 Å². The van der Waals surface area contributed by atoms with E-state index in [-0.39, 0.29) is 11.5 Å². The first kappa shape index (κ1) is 17.9. The normalized spacial score (nSPS) is 13.5. The Labute approximate surface area is 157 Å². The minimum absolute atomic E-state index is 0.0835. The molecule has 1 aliphatic rings. The number of halogens is 2. The highest BCUT2D eigenvalue weighted by Gasteiger charge is 2.23. The molecule has 11 heteroatoms. The number of carbonyl (C=O) groups is 1. The summed E-state index contributed by atoms with van der Waals surface area (Å²) in [5, 5.41) is 10.5. The fraction of sp³-hybridized carbons (Fsp3) is 0.294. The molecule has 0 spiro atoms. The smallest absolute Gasteiger partial charge is 0.255 e. The molecular formula is C17H17F2N7O2. The number of hydrogen-bond acceptors (Lipinski definition) is 6. The van der Waals surface area contributed by atoms with Crippen LogP contribution in [0.1, 0.15) is 28.0 Å². The second kappa shape index (κ2) is 6.91. The molecule has 9 nitrogen and oxygen atoms in total. The number of aryl methyl sites for hydroxylation is 1. The van der Waals surface area contributed by atoms with Crippen LogP contribution in [0, 0.1) is 0 Å². The van der Waals surface area contributed by atoms with Crippen LogP contribution in [0.15, 0.2) is 18.5 Å². The molecule has 0 saturated carbocycles. The van der Waals surface area contributed by atoms with Crippen LogP contribution in [-0.2, 0) is 6.54 Å². The minimum atomic E-state index is -2.62. The summed E-state index contributed by atoms with van der Waals surface area (Å²) in [6, 6.07) is 1.86. The Balaban J connectivity index is 1.75. The molecule has 3 aromatic rings. The number of nitrogens with zero attached hydrogens (tertiary/aromatic N) is 5. The van der Waals surface area contributed by atoms with Crippen LogP contribution >= 0.6 is 0 Å². The lowest BCUT2D eigenvalue weighted by Gasteiger charge is -2.16. The molecule has 28 heavy (non-hydrogen) atoms. The summed E-state index contributed by atoms with van der Waals surface area (Å²) in [5.74, 6) is -0.169. The number of carbonyl (C=O) groups excluding carboxylic acids is 1. The van der Waals surface area contributed by atoms with Crippen molar-refractivity contribution < 1.29 is 18.3 Å². The summed E-state index contributed by atoms with van der Waals surface area (Å²) in [6.45, 7) is -0.168. The molecule has 0 bridgehead atoms. The van der Waals surface area contributed by atoms with Crippen LogP contribution in [0.25, 0.3) is 17.2 Å². The molecule has 0 atom stereocenters. The average molecular weight is 389 g/mol. The Morgan fingerprint density at radius 3 is 3.04 bits per heavy atom. The van der Waals surface area contributed by atoms with Crippen molar-refractivity contribution in [1.82, 2.24) is 29.7 Å². The van der Waals surface area contributed by atoms with E-state index < -0.39 is 18.9 Å². The number of nitrogens with two attached hydrogens (primary N) is 1. The summed E-state index contributed by atoms with van der Waals surface area (Å²) in [6.07, 6.45) is 2.99. The van der Waals surface area contributed by atoms with E-state index in [9.17, 15) is 13.6 Å². The van der Waals surface area contributed by atoms with Crippen LogP contribution in [0.2, 0.25) is 0 Å². The van der Waals surface area contributed by atoms with Crippen molar-refractivity contribution in [3.05, 3.63) is 35.3 Å². The maximum atomic E-state index is 12.4. The van der Waals surface area contributed by atoms with Crippen LogP contribution in [0.4, 0.5) is 14.7 Å². The van der Waals surface area contributed by atoms with E-state index in [1.54, 1.807) is 15.4 Å². The van der Waals surface area contributed by atoms with Crippen molar-refractivity contribution >= 4 is 29.0 Å². The highest BCUT2D eigenvalue weighted by Crippen LogP contribution is 2.34. The van der Waals surface area contributed by atoms with Crippen molar-refractivity contribution in [2.75, 3.05) is 19.4 Å². The quantitative estimate of drug-likeness (QED) is 0.683. The van der Waals surface area contributed by atoms with Gasteiger partial charge in [-0.1, -0.05) is 0 Å². The van der Waals surface area contributed by atoms with Gasteiger partial charge in [0.05, 0.1) is 31.1 Å². The van der Waals surface area contributed by atoms with Crippen molar-refractivity contribution in [3.8, 4) is 5.88 Å². The molecule has 4 heterocycles. The zero-order chi connectivity index (χ0) is 19.8. The van der Waals surface area contributed by atoms with Gasteiger partial charge in [-0.05, 0) is 24.1 Å². The third-order valence-electron chi connectivity index (χ3n) is 4.48. The van der Waals surface area contributed by atoms with Crippen molar-refractivity contribution in [2.45, 2.75) is 19.4 Å². The van der Waals surface area contributed by atoms with Crippen molar-refractivity contribution in [2.24, 2.45) is 0 Å². The molecule has 0 aromatic carbocycles. The van der Waals surface area contributed by atoms with E-state index in [4.69, 9.17) is 10.5 Å². The summed E-state index contributed by atoms with van der Waals surface area (Å²) in [7, 11) is 1.49. The molecular weight excluding hydrogens is 372 g/mol. The number of nitrogen functional groups attached to an aromatic ring is 1. The fourth-order valence-corrected chi connectivity index (χ4v) is 3.25. The Morgan fingerprint density at radius 1 is 1.46 bits per heavy atom. The predicted octanol–water partition coefficient (Wildman–Crippen LogP) is 1.46. The molecule has 0 fully saturated rings. The predicted molar refractivity (Wildman–Crippen MR) is 97.0 cm³/mol. The molecule has 0 saturated heterocycles. The summed E-state index contributed by atoms with van der Waals surface area (Å²) < 4.78 is 33.4. The second-order valence-corrected chi connectivity index (χ2v) is 6.19. The Hall–Kier alpha value is -3.50.